The molecule has 0 heterocycles. The van der Waals surface area contributed by atoms with Crippen molar-refractivity contribution >= 4 is 11.9 Å². The SMILES string of the molecule is CCCCCCCCCCC=COC(=O)CCC(=O)O.[H-].[H-].[K+].[K+]. The maximum atomic E-state index is 11.1. The summed E-state index contributed by atoms with van der Waals surface area (Å²) < 4.78 is 4.78. The van der Waals surface area contributed by atoms with Crippen molar-refractivity contribution < 1.29 is 125 Å². The normalized spacial score (nSPS) is 9.86. The number of carboxylic acids is 1. The van der Waals surface area contributed by atoms with Crippen LogP contribution in [0.2, 0.25) is 0 Å². The molecule has 0 rings (SSSR count). The van der Waals surface area contributed by atoms with Crippen molar-refractivity contribution in [2.45, 2.75) is 77.6 Å². The van der Waals surface area contributed by atoms with Gasteiger partial charge in [-0.05, 0) is 18.9 Å². The van der Waals surface area contributed by atoms with Gasteiger partial charge in [0.25, 0.3) is 0 Å². The Morgan fingerprint density at radius 2 is 1.50 bits per heavy atom. The van der Waals surface area contributed by atoms with E-state index in [-0.39, 0.29) is 118 Å². The third-order valence-electron chi connectivity index (χ3n) is 3.06. The van der Waals surface area contributed by atoms with E-state index in [2.05, 4.69) is 6.92 Å². The summed E-state index contributed by atoms with van der Waals surface area (Å²) in [5.41, 5.74) is 0. The Bertz CT molecular complexity index is 304. The van der Waals surface area contributed by atoms with Crippen LogP contribution in [-0.4, -0.2) is 17.0 Å². The van der Waals surface area contributed by atoms with Gasteiger partial charge in [0.05, 0.1) is 19.1 Å². The first-order valence-electron chi connectivity index (χ1n) is 7.73. The molecule has 0 spiro atoms. The fourth-order valence-electron chi connectivity index (χ4n) is 1.86. The predicted octanol–water partition coefficient (Wildman–Crippen LogP) is -1.33. The summed E-state index contributed by atoms with van der Waals surface area (Å²) in [6.45, 7) is 2.22. The summed E-state index contributed by atoms with van der Waals surface area (Å²) in [6, 6.07) is 0. The molecule has 0 aliphatic rings. The summed E-state index contributed by atoms with van der Waals surface area (Å²) in [6.07, 6.45) is 14.1. The van der Waals surface area contributed by atoms with E-state index in [0.29, 0.717) is 0 Å². The Labute approximate surface area is 223 Å². The Hall–Kier alpha value is 1.95. The Balaban J connectivity index is -0.000000301. The molecule has 22 heavy (non-hydrogen) atoms. The molecule has 1 N–H and O–H groups in total. The fraction of sp³-hybridized carbons (Fsp3) is 0.750. The number of carbonyl (C=O) groups is 2. The number of carbonyl (C=O) groups excluding carboxylic acids is 1. The molecule has 4 nitrogen and oxygen atoms in total. The van der Waals surface area contributed by atoms with Crippen LogP contribution in [0, 0.1) is 0 Å². The largest absolute Gasteiger partial charge is 1.00 e. The second-order valence-electron chi connectivity index (χ2n) is 5.02. The number of unbranched alkanes of at least 4 members (excludes halogenated alkanes) is 8. The molecule has 0 unspecified atom stereocenters. The molecule has 0 aromatic rings. The van der Waals surface area contributed by atoms with Crippen LogP contribution >= 0.6 is 0 Å². The second kappa shape index (κ2) is 23.0. The minimum atomic E-state index is -0.982. The molecular weight excluding hydrogens is 334 g/mol. The number of ether oxygens (including phenoxy) is 1. The molecule has 0 fully saturated rings. The second-order valence-corrected chi connectivity index (χ2v) is 5.02. The number of hydrogen-bond acceptors (Lipinski definition) is 3. The molecule has 0 amide bonds. The number of esters is 1. The molecule has 0 aliphatic heterocycles. The molecule has 6 heteroatoms. The maximum absolute atomic E-state index is 11.1. The molecule has 0 aliphatic carbocycles. The van der Waals surface area contributed by atoms with Crippen LogP contribution < -0.4 is 103 Å². The van der Waals surface area contributed by atoms with Crippen LogP contribution in [0.1, 0.15) is 80.4 Å². The molecule has 0 bridgehead atoms. The molecule has 0 aromatic carbocycles. The standard InChI is InChI=1S/C16H28O4.2K.2H/c1-2-3-4-5-6-7-8-9-10-11-14-20-16(19)13-12-15(17)18;;;;/h11,14H,2-10,12-13H2,1H3,(H,17,18);;;;/q;2*+1;2*-1. The van der Waals surface area contributed by atoms with Gasteiger partial charge in [-0.25, -0.2) is 0 Å². The van der Waals surface area contributed by atoms with Gasteiger partial charge in [-0.2, -0.15) is 0 Å². The molecule has 120 valence electrons. The van der Waals surface area contributed by atoms with Crippen LogP contribution in [0.25, 0.3) is 0 Å². The number of rotatable bonds is 13. The summed E-state index contributed by atoms with van der Waals surface area (Å²) in [7, 11) is 0. The molecular formula is C16H30K2O4. The first-order chi connectivity index (χ1) is 9.66. The molecule has 0 radical (unpaired) electrons. The predicted molar refractivity (Wildman–Crippen MR) is 81.6 cm³/mol. The van der Waals surface area contributed by atoms with Gasteiger partial charge in [0.2, 0.25) is 0 Å². The average Bonchev–Trinajstić information content (AvgIpc) is 2.42. The van der Waals surface area contributed by atoms with Gasteiger partial charge in [-0.1, -0.05) is 51.9 Å². The first kappa shape index (κ1) is 28.7. The van der Waals surface area contributed by atoms with Crippen molar-refractivity contribution in [2.24, 2.45) is 0 Å². The van der Waals surface area contributed by atoms with E-state index in [0.717, 1.165) is 12.8 Å². The number of allylic oxidation sites excluding steroid dienone is 1. The Kier molecular flexibility index (Phi) is 30.0. The first-order valence-corrected chi connectivity index (χ1v) is 7.73. The molecule has 0 saturated carbocycles. The van der Waals surface area contributed by atoms with Crippen molar-refractivity contribution in [2.75, 3.05) is 0 Å². The summed E-state index contributed by atoms with van der Waals surface area (Å²) in [5.74, 6) is -1.47. The van der Waals surface area contributed by atoms with E-state index >= 15 is 0 Å². The van der Waals surface area contributed by atoms with Gasteiger partial charge in [0.15, 0.2) is 0 Å². The summed E-state index contributed by atoms with van der Waals surface area (Å²) in [5, 5.41) is 8.40. The average molecular weight is 365 g/mol. The monoisotopic (exact) mass is 364 g/mol. The zero-order valence-electron chi connectivity index (χ0n) is 16.6. The van der Waals surface area contributed by atoms with Crippen molar-refractivity contribution in [1.82, 2.24) is 0 Å². The molecule has 0 atom stereocenters. The van der Waals surface area contributed by atoms with Gasteiger partial charge in [-0.15, -0.1) is 0 Å². The van der Waals surface area contributed by atoms with Crippen LogP contribution in [-0.2, 0) is 14.3 Å². The van der Waals surface area contributed by atoms with Gasteiger partial charge in [0.1, 0.15) is 0 Å². The maximum Gasteiger partial charge on any atom is 1.00 e. The van der Waals surface area contributed by atoms with E-state index in [4.69, 9.17) is 9.84 Å². The fourth-order valence-corrected chi connectivity index (χ4v) is 1.86. The summed E-state index contributed by atoms with van der Waals surface area (Å²) in [4.78, 5) is 21.3. The van der Waals surface area contributed by atoms with Crippen molar-refractivity contribution in [3.05, 3.63) is 12.3 Å². The van der Waals surface area contributed by atoms with E-state index < -0.39 is 11.9 Å². The third kappa shape index (κ3) is 24.2. The topological polar surface area (TPSA) is 63.6 Å². The zero-order valence-corrected chi connectivity index (χ0v) is 20.9. The number of aliphatic carboxylic acids is 1. The van der Waals surface area contributed by atoms with E-state index in [1.165, 1.54) is 51.2 Å². The van der Waals surface area contributed by atoms with Crippen LogP contribution in [0.3, 0.4) is 0 Å². The minimum absolute atomic E-state index is 0. The Morgan fingerprint density at radius 3 is 2.05 bits per heavy atom. The third-order valence-corrected chi connectivity index (χ3v) is 3.06. The van der Waals surface area contributed by atoms with Crippen LogP contribution in [0.15, 0.2) is 12.3 Å². The quantitative estimate of drug-likeness (QED) is 0.190. The van der Waals surface area contributed by atoms with E-state index in [1.54, 1.807) is 0 Å². The molecule has 0 saturated heterocycles. The summed E-state index contributed by atoms with van der Waals surface area (Å²) >= 11 is 0. The van der Waals surface area contributed by atoms with Gasteiger partial charge in [0, 0.05) is 0 Å². The van der Waals surface area contributed by atoms with E-state index in [9.17, 15) is 9.59 Å². The minimum Gasteiger partial charge on any atom is -1.00 e. The van der Waals surface area contributed by atoms with Crippen LogP contribution in [0.4, 0.5) is 0 Å². The number of carboxylic acid groups (broad SMARTS) is 1. The van der Waals surface area contributed by atoms with Gasteiger partial charge in [-0.3, -0.25) is 9.59 Å². The zero-order chi connectivity index (χ0) is 15.1. The Morgan fingerprint density at radius 1 is 0.955 bits per heavy atom. The molecule has 0 aromatic heterocycles. The number of hydrogen-bond donors (Lipinski definition) is 1. The van der Waals surface area contributed by atoms with Crippen molar-refractivity contribution in [3.8, 4) is 0 Å². The van der Waals surface area contributed by atoms with Crippen LogP contribution in [0.5, 0.6) is 0 Å². The van der Waals surface area contributed by atoms with Gasteiger partial charge >= 0.3 is 115 Å². The van der Waals surface area contributed by atoms with Crippen molar-refractivity contribution in [1.29, 1.82) is 0 Å². The van der Waals surface area contributed by atoms with Crippen molar-refractivity contribution in [3.63, 3.8) is 0 Å². The smallest absolute Gasteiger partial charge is 1.00 e. The van der Waals surface area contributed by atoms with Gasteiger partial charge < -0.3 is 12.7 Å². The van der Waals surface area contributed by atoms with E-state index in [1.807, 2.05) is 6.08 Å².